The highest BCUT2D eigenvalue weighted by Crippen LogP contribution is 2.18. The molecule has 0 radical (unpaired) electrons. The molecule has 0 aliphatic rings. The Kier molecular flexibility index (Phi) is 2.70. The molecular weight excluding hydrogens is 218 g/mol. The summed E-state index contributed by atoms with van der Waals surface area (Å²) in [4.78, 5) is 14.8. The van der Waals surface area contributed by atoms with E-state index in [-0.39, 0.29) is 17.9 Å². The summed E-state index contributed by atoms with van der Waals surface area (Å²) in [6, 6.07) is -0.109. The van der Waals surface area contributed by atoms with E-state index in [1.54, 1.807) is 0 Å². The van der Waals surface area contributed by atoms with Crippen molar-refractivity contribution in [3.63, 3.8) is 0 Å². The molecule has 80 valence electrons. The van der Waals surface area contributed by atoms with Crippen molar-refractivity contribution in [3.05, 3.63) is 11.6 Å². The topological polar surface area (TPSA) is 86.7 Å². The summed E-state index contributed by atoms with van der Waals surface area (Å²) in [7, 11) is 0. The fourth-order valence-corrected chi connectivity index (χ4v) is 1.35. The Hall–Kier alpha value is -1.40. The third kappa shape index (κ3) is 2.00. The number of imidazole rings is 1. The number of nitrogens with zero attached hydrogens (tertiary/aromatic N) is 3. The number of halogens is 1. The molecule has 2 rings (SSSR count). The van der Waals surface area contributed by atoms with Gasteiger partial charge < -0.3 is 15.4 Å². The molecule has 0 aliphatic heterocycles. The van der Waals surface area contributed by atoms with Gasteiger partial charge in [0.25, 0.3) is 0 Å². The fourth-order valence-electron chi connectivity index (χ4n) is 1.19. The Morgan fingerprint density at radius 3 is 3.13 bits per heavy atom. The van der Waals surface area contributed by atoms with Gasteiger partial charge in [-0.2, -0.15) is 9.97 Å². The van der Waals surface area contributed by atoms with E-state index in [9.17, 15) is 0 Å². The number of anilines is 1. The van der Waals surface area contributed by atoms with Crippen molar-refractivity contribution in [3.8, 4) is 0 Å². The van der Waals surface area contributed by atoms with Crippen molar-refractivity contribution >= 4 is 28.6 Å². The van der Waals surface area contributed by atoms with Crippen molar-refractivity contribution in [2.45, 2.75) is 13.0 Å². The number of aliphatic hydroxyl groups excluding tert-OH is 1. The van der Waals surface area contributed by atoms with E-state index < -0.39 is 0 Å². The van der Waals surface area contributed by atoms with Crippen LogP contribution in [0.15, 0.2) is 6.33 Å². The van der Waals surface area contributed by atoms with Crippen molar-refractivity contribution in [1.82, 2.24) is 19.9 Å². The molecule has 0 saturated carbocycles. The lowest BCUT2D eigenvalue weighted by Crippen LogP contribution is -2.20. The highest BCUT2D eigenvalue weighted by atomic mass is 35.5. The Balaban J connectivity index is 2.44. The first-order chi connectivity index (χ1) is 7.20. The van der Waals surface area contributed by atoms with Crippen LogP contribution in [0.3, 0.4) is 0 Å². The number of nitrogens with one attached hydrogen (secondary N) is 2. The van der Waals surface area contributed by atoms with Crippen molar-refractivity contribution < 1.29 is 5.11 Å². The van der Waals surface area contributed by atoms with Crippen LogP contribution in [-0.2, 0) is 0 Å². The van der Waals surface area contributed by atoms with Crippen LogP contribution in [0.5, 0.6) is 0 Å². The van der Waals surface area contributed by atoms with Gasteiger partial charge in [0.15, 0.2) is 11.5 Å². The maximum absolute atomic E-state index is 8.92. The molecule has 0 amide bonds. The number of aromatic nitrogens is 4. The number of H-pyrrole nitrogens is 1. The van der Waals surface area contributed by atoms with E-state index in [0.29, 0.717) is 17.0 Å². The number of hydrogen-bond donors (Lipinski definition) is 3. The van der Waals surface area contributed by atoms with Gasteiger partial charge in [0.1, 0.15) is 5.52 Å². The molecule has 0 saturated heterocycles. The van der Waals surface area contributed by atoms with E-state index in [4.69, 9.17) is 16.7 Å². The average molecular weight is 228 g/mol. The van der Waals surface area contributed by atoms with Crippen LogP contribution >= 0.6 is 11.6 Å². The first-order valence-electron chi connectivity index (χ1n) is 4.44. The van der Waals surface area contributed by atoms with Gasteiger partial charge in [0.05, 0.1) is 12.9 Å². The van der Waals surface area contributed by atoms with Crippen molar-refractivity contribution in [2.24, 2.45) is 0 Å². The van der Waals surface area contributed by atoms with Gasteiger partial charge in [-0.1, -0.05) is 0 Å². The molecule has 7 heteroatoms. The minimum atomic E-state index is -0.109. The van der Waals surface area contributed by atoms with Crippen LogP contribution in [0, 0.1) is 0 Å². The van der Waals surface area contributed by atoms with Crippen LogP contribution in [0.4, 0.5) is 5.82 Å². The predicted molar refractivity (Wildman–Crippen MR) is 56.9 cm³/mol. The molecule has 2 aromatic heterocycles. The van der Waals surface area contributed by atoms with Crippen molar-refractivity contribution in [2.75, 3.05) is 11.9 Å². The van der Waals surface area contributed by atoms with Crippen LogP contribution in [-0.4, -0.2) is 37.7 Å². The minimum absolute atomic E-state index is 0.0112. The second-order valence-corrected chi connectivity index (χ2v) is 3.51. The Labute approximate surface area is 90.7 Å². The van der Waals surface area contributed by atoms with E-state index >= 15 is 0 Å². The monoisotopic (exact) mass is 227 g/mol. The number of rotatable bonds is 3. The molecule has 1 atom stereocenters. The van der Waals surface area contributed by atoms with E-state index in [2.05, 4.69) is 25.3 Å². The quantitative estimate of drug-likeness (QED) is 0.676. The molecule has 2 heterocycles. The Bertz CT molecular complexity index is 471. The lowest BCUT2D eigenvalue weighted by atomic mass is 10.3. The van der Waals surface area contributed by atoms with Gasteiger partial charge in [0, 0.05) is 6.04 Å². The molecule has 6 nitrogen and oxygen atoms in total. The molecule has 3 N–H and O–H groups in total. The van der Waals surface area contributed by atoms with E-state index in [1.807, 2.05) is 6.92 Å². The molecule has 2 aromatic rings. The smallest absolute Gasteiger partial charge is 0.226 e. The fraction of sp³-hybridized carbons (Fsp3) is 0.375. The highest BCUT2D eigenvalue weighted by molar-refractivity contribution is 6.28. The van der Waals surface area contributed by atoms with Crippen LogP contribution in [0.2, 0.25) is 5.28 Å². The molecular formula is C8H10ClN5O. The molecule has 0 spiro atoms. The van der Waals surface area contributed by atoms with Gasteiger partial charge in [-0.05, 0) is 18.5 Å². The highest BCUT2D eigenvalue weighted by Gasteiger charge is 2.10. The van der Waals surface area contributed by atoms with Gasteiger partial charge in [-0.25, -0.2) is 4.98 Å². The first-order valence-corrected chi connectivity index (χ1v) is 4.82. The molecule has 0 aromatic carbocycles. The molecule has 0 bridgehead atoms. The summed E-state index contributed by atoms with van der Waals surface area (Å²) in [5.41, 5.74) is 1.18. The van der Waals surface area contributed by atoms with E-state index in [0.717, 1.165) is 0 Å². The van der Waals surface area contributed by atoms with Gasteiger partial charge >= 0.3 is 0 Å². The van der Waals surface area contributed by atoms with Gasteiger partial charge in [0.2, 0.25) is 5.28 Å². The third-order valence-electron chi connectivity index (χ3n) is 1.92. The number of aromatic amines is 1. The Morgan fingerprint density at radius 2 is 2.40 bits per heavy atom. The summed E-state index contributed by atoms with van der Waals surface area (Å²) < 4.78 is 0. The second-order valence-electron chi connectivity index (χ2n) is 3.17. The van der Waals surface area contributed by atoms with E-state index in [1.165, 1.54) is 6.33 Å². The molecule has 0 fully saturated rings. The predicted octanol–water partition coefficient (Wildman–Crippen LogP) is 0.799. The maximum Gasteiger partial charge on any atom is 0.226 e. The van der Waals surface area contributed by atoms with Gasteiger partial charge in [-0.3, -0.25) is 0 Å². The standard InChI is InChI=1S/C8H10ClN5O/c1-4(2-15)12-7-5-6(11-3-10-5)13-8(9)14-7/h3-4,15H,2H2,1H3,(H2,10,11,12,13,14). The van der Waals surface area contributed by atoms with Crippen LogP contribution in [0.1, 0.15) is 6.92 Å². The largest absolute Gasteiger partial charge is 0.394 e. The minimum Gasteiger partial charge on any atom is -0.394 e. The second kappa shape index (κ2) is 4.00. The summed E-state index contributed by atoms with van der Waals surface area (Å²) >= 11 is 5.73. The maximum atomic E-state index is 8.92. The number of hydrogen-bond acceptors (Lipinski definition) is 5. The Morgan fingerprint density at radius 1 is 1.60 bits per heavy atom. The SMILES string of the molecule is CC(CO)Nc1nc(Cl)nc2nc[nH]c12. The van der Waals surface area contributed by atoms with Crippen LogP contribution in [0.25, 0.3) is 11.2 Å². The number of aliphatic hydroxyl groups is 1. The molecule has 0 aliphatic carbocycles. The lowest BCUT2D eigenvalue weighted by molar-refractivity contribution is 0.281. The summed E-state index contributed by atoms with van der Waals surface area (Å²) in [6.07, 6.45) is 1.52. The number of fused-ring (bicyclic) bond motifs is 1. The third-order valence-corrected chi connectivity index (χ3v) is 2.08. The zero-order valence-corrected chi connectivity index (χ0v) is 8.78. The lowest BCUT2D eigenvalue weighted by Gasteiger charge is -2.11. The van der Waals surface area contributed by atoms with Crippen LogP contribution < -0.4 is 5.32 Å². The zero-order valence-electron chi connectivity index (χ0n) is 8.03. The zero-order chi connectivity index (χ0) is 10.8. The van der Waals surface area contributed by atoms with Gasteiger partial charge in [-0.15, -0.1) is 0 Å². The first kappa shape index (κ1) is 10.1. The van der Waals surface area contributed by atoms with Crippen molar-refractivity contribution in [1.29, 1.82) is 0 Å². The normalized spacial score (nSPS) is 13.0. The molecule has 15 heavy (non-hydrogen) atoms. The average Bonchev–Trinajstić information content (AvgIpc) is 2.65. The molecule has 1 unspecified atom stereocenters. The summed E-state index contributed by atoms with van der Waals surface area (Å²) in [6.45, 7) is 1.84. The summed E-state index contributed by atoms with van der Waals surface area (Å²) in [5, 5.41) is 12.1. The summed E-state index contributed by atoms with van der Waals surface area (Å²) in [5.74, 6) is 0.545.